The van der Waals surface area contributed by atoms with E-state index in [2.05, 4.69) is 70.7 Å². The van der Waals surface area contributed by atoms with Crippen LogP contribution in [0.4, 0.5) is 10.3 Å². The van der Waals surface area contributed by atoms with Crippen molar-refractivity contribution >= 4 is 104 Å². The zero-order chi connectivity index (χ0) is 42.6. The van der Waals surface area contributed by atoms with Gasteiger partial charge in [0.2, 0.25) is 30.3 Å². The molecular formula is C40H40BrCl3N8O4S4. The smallest absolute Gasteiger partial charge is 0.244 e. The topological polar surface area (TPSA) is 133 Å². The van der Waals surface area contributed by atoms with E-state index in [-0.39, 0.29) is 16.0 Å². The fourth-order valence-corrected chi connectivity index (χ4v) is 12.3. The van der Waals surface area contributed by atoms with Crippen molar-refractivity contribution in [3.05, 3.63) is 139 Å². The number of sulfonamides is 2. The molecule has 20 heteroatoms. The van der Waals surface area contributed by atoms with Crippen LogP contribution in [0.1, 0.15) is 35.3 Å². The Hall–Kier alpha value is -3.23. The van der Waals surface area contributed by atoms with Crippen LogP contribution in [0.2, 0.25) is 15.1 Å². The summed E-state index contributed by atoms with van der Waals surface area (Å²) in [4.78, 5) is 13.9. The van der Waals surface area contributed by atoms with Crippen molar-refractivity contribution in [2.75, 3.05) is 55.6 Å². The van der Waals surface area contributed by atoms with Crippen LogP contribution in [0.25, 0.3) is 0 Å². The van der Waals surface area contributed by atoms with Crippen LogP contribution in [-0.2, 0) is 32.9 Å². The van der Waals surface area contributed by atoms with Crippen molar-refractivity contribution in [2.45, 2.75) is 42.5 Å². The van der Waals surface area contributed by atoms with Crippen molar-refractivity contribution in [2.24, 2.45) is 0 Å². The third kappa shape index (κ3) is 10.9. The molecule has 0 amide bonds. The molecular weight excluding hydrogens is 971 g/mol. The van der Waals surface area contributed by atoms with Gasteiger partial charge < -0.3 is 9.80 Å². The number of benzene rings is 4. The Bertz CT molecular complexity index is 2630. The molecule has 4 aromatic carbocycles. The summed E-state index contributed by atoms with van der Waals surface area (Å²) in [6.45, 7) is 7.25. The first kappa shape index (κ1) is 44.8. The number of aromatic nitrogens is 4. The Kier molecular flexibility index (Phi) is 14.5. The fraction of sp³-hybridized carbons (Fsp3) is 0.300. The molecule has 0 spiro atoms. The molecule has 2 saturated heterocycles. The summed E-state index contributed by atoms with van der Waals surface area (Å²) in [7, 11) is -7.22. The van der Waals surface area contributed by atoms with E-state index in [1.807, 2.05) is 31.2 Å². The zero-order valence-corrected chi connectivity index (χ0v) is 39.6. The van der Waals surface area contributed by atoms with Gasteiger partial charge in [-0.3, -0.25) is 0 Å². The van der Waals surface area contributed by atoms with Crippen molar-refractivity contribution in [1.82, 2.24) is 27.3 Å². The molecule has 0 bridgehead atoms. The summed E-state index contributed by atoms with van der Waals surface area (Å²) in [5, 5.41) is 2.83. The van der Waals surface area contributed by atoms with Gasteiger partial charge in [-0.15, -0.1) is 0 Å². The van der Waals surface area contributed by atoms with Crippen LogP contribution in [0, 0.1) is 6.92 Å². The van der Waals surface area contributed by atoms with Crippen molar-refractivity contribution in [3.63, 3.8) is 0 Å². The van der Waals surface area contributed by atoms with E-state index in [4.69, 9.17) is 39.8 Å². The van der Waals surface area contributed by atoms with Gasteiger partial charge in [-0.05, 0) is 79.6 Å². The fourth-order valence-electron chi connectivity index (χ4n) is 6.67. The van der Waals surface area contributed by atoms with Gasteiger partial charge in [0, 0.05) is 102 Å². The minimum atomic E-state index is -3.71. The quantitative estimate of drug-likeness (QED) is 0.131. The first-order valence-electron chi connectivity index (χ1n) is 18.8. The van der Waals surface area contributed by atoms with Gasteiger partial charge in [0.25, 0.3) is 0 Å². The van der Waals surface area contributed by atoms with E-state index in [0.29, 0.717) is 73.6 Å². The molecule has 0 saturated carbocycles. The van der Waals surface area contributed by atoms with E-state index in [1.165, 1.54) is 50.6 Å². The number of anilines is 2. The van der Waals surface area contributed by atoms with E-state index in [9.17, 15) is 16.8 Å². The zero-order valence-electron chi connectivity index (χ0n) is 32.5. The molecule has 1 unspecified atom stereocenters. The van der Waals surface area contributed by atoms with E-state index in [1.54, 1.807) is 34.6 Å². The van der Waals surface area contributed by atoms with Gasteiger partial charge in [-0.2, -0.15) is 17.4 Å². The lowest BCUT2D eigenvalue weighted by molar-refractivity contribution is 0.342. The predicted molar refractivity (Wildman–Crippen MR) is 245 cm³/mol. The van der Waals surface area contributed by atoms with Gasteiger partial charge >= 0.3 is 0 Å². The third-order valence-corrected chi connectivity index (χ3v) is 16.9. The summed E-state index contributed by atoms with van der Waals surface area (Å²) in [6, 6.07) is 27.2. The Morgan fingerprint density at radius 1 is 0.667 bits per heavy atom. The van der Waals surface area contributed by atoms with Crippen LogP contribution >= 0.6 is 73.8 Å². The molecule has 316 valence electrons. The van der Waals surface area contributed by atoms with Gasteiger partial charge in [-0.25, -0.2) is 26.8 Å². The molecule has 4 heterocycles. The van der Waals surface area contributed by atoms with Crippen molar-refractivity contribution in [1.29, 1.82) is 0 Å². The van der Waals surface area contributed by atoms with Crippen molar-refractivity contribution < 1.29 is 16.8 Å². The van der Waals surface area contributed by atoms with Crippen LogP contribution in [-0.4, -0.2) is 96.0 Å². The molecule has 0 N–H and O–H groups in total. The van der Waals surface area contributed by atoms with Crippen molar-refractivity contribution in [3.8, 4) is 0 Å². The molecule has 0 radical (unpaired) electrons. The molecule has 2 aromatic heterocycles. The van der Waals surface area contributed by atoms with Gasteiger partial charge in [0.15, 0.2) is 0 Å². The summed E-state index contributed by atoms with van der Waals surface area (Å²) in [5.41, 5.74) is 3.50. The SMILES string of the molecule is Cc1ccc(Cc2nsc(N3CCN(S(=O)(=O)c4ccc(Br)cc4)CC3C)n2)cc1.O=S(=O)(c1cc(Cl)ccc1Cl)N1CCN(c2nc(Cc3ccc(Cl)cc3)ns2)CC1. The highest BCUT2D eigenvalue weighted by Gasteiger charge is 2.34. The van der Waals surface area contributed by atoms with Gasteiger partial charge in [0.1, 0.15) is 16.5 Å². The monoisotopic (exact) mass is 1010 g/mol. The average molecular weight is 1010 g/mol. The van der Waals surface area contributed by atoms with Crippen LogP contribution < -0.4 is 9.80 Å². The maximum atomic E-state index is 13.0. The third-order valence-electron chi connectivity index (χ3n) is 9.98. The number of aryl methyl sites for hydroxylation is 1. The number of rotatable bonds is 10. The molecule has 2 aliphatic heterocycles. The van der Waals surface area contributed by atoms with E-state index < -0.39 is 20.0 Å². The number of piperazine rings is 2. The highest BCUT2D eigenvalue weighted by Crippen LogP contribution is 2.30. The van der Waals surface area contributed by atoms with Crippen LogP contribution in [0.5, 0.6) is 0 Å². The highest BCUT2D eigenvalue weighted by molar-refractivity contribution is 9.10. The molecule has 2 fully saturated rings. The molecule has 0 aliphatic carbocycles. The number of halogens is 4. The minimum absolute atomic E-state index is 0.0177. The molecule has 6 aromatic rings. The summed E-state index contributed by atoms with van der Waals surface area (Å²) in [5.74, 6) is 1.54. The lowest BCUT2D eigenvalue weighted by Crippen LogP contribution is -2.53. The second-order valence-electron chi connectivity index (χ2n) is 14.3. The Morgan fingerprint density at radius 2 is 1.22 bits per heavy atom. The first-order valence-corrected chi connectivity index (χ1v) is 25.2. The van der Waals surface area contributed by atoms with Gasteiger partial charge in [0.05, 0.1) is 9.92 Å². The summed E-state index contributed by atoms with van der Waals surface area (Å²) >= 11 is 24.0. The first-order chi connectivity index (χ1) is 28.6. The largest absolute Gasteiger partial charge is 0.344 e. The van der Waals surface area contributed by atoms with Crippen LogP contribution in [0.3, 0.4) is 0 Å². The number of hydrogen-bond acceptors (Lipinski definition) is 12. The predicted octanol–water partition coefficient (Wildman–Crippen LogP) is 8.70. The maximum absolute atomic E-state index is 13.0. The Labute approximate surface area is 382 Å². The minimum Gasteiger partial charge on any atom is -0.344 e. The highest BCUT2D eigenvalue weighted by atomic mass is 79.9. The van der Waals surface area contributed by atoms with Crippen LogP contribution in [0.15, 0.2) is 105 Å². The standard InChI is InChI=1S/C21H23BrN4O2S2.C19H17Cl3N4O2S2/c1-15-3-5-17(6-4-15)13-20-23-21(29-24-20)26-12-11-25(14-16(26)2)30(27,28)19-9-7-18(22)8-10-19;20-14-3-1-13(2-4-14)11-18-23-19(29-24-18)25-7-9-26(10-8-25)30(27,28)17-12-15(21)5-6-16(17)22/h3-10,16H,11-14H2,1-2H3;1-6,12H,7-11H2. The number of hydrogen-bond donors (Lipinski definition) is 0. The lowest BCUT2D eigenvalue weighted by atomic mass is 10.1. The molecule has 60 heavy (non-hydrogen) atoms. The Morgan fingerprint density at radius 3 is 1.83 bits per heavy atom. The molecule has 1 atom stereocenters. The summed E-state index contributed by atoms with van der Waals surface area (Å²) in [6.07, 6.45) is 1.32. The second kappa shape index (κ2) is 19.4. The van der Waals surface area contributed by atoms with E-state index >= 15 is 0 Å². The average Bonchev–Trinajstić information content (AvgIpc) is 3.91. The lowest BCUT2D eigenvalue weighted by Gasteiger charge is -2.38. The number of nitrogens with zero attached hydrogens (tertiary/aromatic N) is 8. The van der Waals surface area contributed by atoms with Gasteiger partial charge in [-0.1, -0.05) is 92.7 Å². The summed E-state index contributed by atoms with van der Waals surface area (Å²) < 4.78 is 64.7. The second-order valence-corrected chi connectivity index (χ2v) is 21.8. The Balaban J connectivity index is 0.000000181. The van der Waals surface area contributed by atoms with E-state index in [0.717, 1.165) is 31.9 Å². The normalized spacial score (nSPS) is 16.7. The molecule has 12 nitrogen and oxygen atoms in total. The molecule has 8 rings (SSSR count). The maximum Gasteiger partial charge on any atom is 0.244 e. The molecule has 2 aliphatic rings.